The first-order chi connectivity index (χ1) is 22.8. The second-order valence-electron chi connectivity index (χ2n) is 12.5. The Labute approximate surface area is 281 Å². The van der Waals surface area contributed by atoms with Gasteiger partial charge in [0.1, 0.15) is 12.6 Å². The first-order valence-corrected chi connectivity index (χ1v) is 16.4. The lowest BCUT2D eigenvalue weighted by molar-refractivity contribution is -0.156. The third kappa shape index (κ3) is 6.54. The number of ether oxygens (including phenoxy) is 2. The van der Waals surface area contributed by atoms with E-state index in [0.717, 1.165) is 38.9 Å². The highest BCUT2D eigenvalue weighted by molar-refractivity contribution is 6.31. The van der Waals surface area contributed by atoms with Crippen LogP contribution in [0.4, 0.5) is 4.79 Å². The van der Waals surface area contributed by atoms with E-state index in [9.17, 15) is 9.59 Å². The number of carbonyl (C=O) groups excluding carboxylic acids is 2. The zero-order chi connectivity index (χ0) is 33.0. The molecular formula is C41H38ClNO4. The average molecular weight is 644 g/mol. The Balaban J connectivity index is 1.30. The topological polar surface area (TPSA) is 64.6 Å². The molecule has 47 heavy (non-hydrogen) atoms. The molecule has 6 heteroatoms. The van der Waals surface area contributed by atoms with E-state index in [-0.39, 0.29) is 18.4 Å². The third-order valence-corrected chi connectivity index (χ3v) is 9.10. The molecule has 5 nitrogen and oxygen atoms in total. The summed E-state index contributed by atoms with van der Waals surface area (Å²) in [5, 5.41) is 3.31. The van der Waals surface area contributed by atoms with Crippen LogP contribution < -0.4 is 5.32 Å². The highest BCUT2D eigenvalue weighted by atomic mass is 35.5. The molecule has 1 aliphatic rings. The Bertz CT molecular complexity index is 1830. The van der Waals surface area contributed by atoms with Crippen molar-refractivity contribution >= 4 is 23.7 Å². The number of alkyl carbamates (subject to hydrolysis) is 1. The molecule has 5 aromatic rings. The zero-order valence-corrected chi connectivity index (χ0v) is 27.5. The number of benzene rings is 5. The van der Waals surface area contributed by atoms with Crippen LogP contribution in [0.15, 0.2) is 127 Å². The maximum absolute atomic E-state index is 14.4. The van der Waals surface area contributed by atoms with E-state index in [0.29, 0.717) is 17.0 Å². The number of amides is 1. The van der Waals surface area contributed by atoms with Gasteiger partial charge in [-0.1, -0.05) is 152 Å². The van der Waals surface area contributed by atoms with Crippen molar-refractivity contribution in [3.63, 3.8) is 0 Å². The van der Waals surface area contributed by atoms with Crippen molar-refractivity contribution in [1.29, 1.82) is 0 Å². The molecule has 0 fully saturated rings. The van der Waals surface area contributed by atoms with E-state index < -0.39 is 23.7 Å². The molecule has 0 heterocycles. The summed E-state index contributed by atoms with van der Waals surface area (Å²) in [5.74, 6) is -0.611. The molecule has 0 bridgehead atoms. The zero-order valence-electron chi connectivity index (χ0n) is 26.8. The lowest BCUT2D eigenvalue weighted by atomic mass is 9.79. The minimum Gasteiger partial charge on any atom is -0.449 e. The van der Waals surface area contributed by atoms with Gasteiger partial charge in [0.2, 0.25) is 0 Å². The van der Waals surface area contributed by atoms with Gasteiger partial charge in [0.05, 0.1) is 0 Å². The van der Waals surface area contributed by atoms with Gasteiger partial charge in [0, 0.05) is 27.6 Å². The second kappa shape index (κ2) is 13.9. The van der Waals surface area contributed by atoms with Crippen LogP contribution in [0.3, 0.4) is 0 Å². The summed E-state index contributed by atoms with van der Waals surface area (Å²) in [6.07, 6.45) is -0.322. The van der Waals surface area contributed by atoms with E-state index >= 15 is 0 Å². The van der Waals surface area contributed by atoms with Crippen molar-refractivity contribution in [3.05, 3.63) is 166 Å². The quantitative estimate of drug-likeness (QED) is 0.122. The fourth-order valence-corrected chi connectivity index (χ4v) is 6.82. The van der Waals surface area contributed by atoms with E-state index in [4.69, 9.17) is 21.1 Å². The number of halogens is 1. The van der Waals surface area contributed by atoms with Crippen LogP contribution in [-0.2, 0) is 19.9 Å². The summed E-state index contributed by atoms with van der Waals surface area (Å²) in [4.78, 5) is 27.8. The van der Waals surface area contributed by atoms with Crippen LogP contribution >= 0.6 is 11.6 Å². The standard InChI is InChI=1S/C41H38ClNO4/c1-27(2)25-38(43-40(45)46-26-35-33-17-9-7-15-31(33)32-16-8-10-18-34(32)35)39(44)47-41(29-13-5-4-6-14-29,30-23-21-28(3)22-24-30)36-19-11-12-20-37(36)42/h4-24,27,35,38H,25-26H2,1-3H3,(H,43,45)/t38-,41?/m0/s1. The summed E-state index contributed by atoms with van der Waals surface area (Å²) in [6.45, 7) is 6.14. The number of hydrogen-bond donors (Lipinski definition) is 1. The molecule has 2 atom stereocenters. The Kier molecular flexibility index (Phi) is 9.46. The van der Waals surface area contributed by atoms with Gasteiger partial charge in [-0.15, -0.1) is 0 Å². The van der Waals surface area contributed by atoms with Crippen molar-refractivity contribution in [2.75, 3.05) is 6.61 Å². The van der Waals surface area contributed by atoms with Crippen molar-refractivity contribution in [2.24, 2.45) is 5.92 Å². The summed E-state index contributed by atoms with van der Waals surface area (Å²) < 4.78 is 12.5. The van der Waals surface area contributed by atoms with Crippen LogP contribution in [0.2, 0.25) is 5.02 Å². The highest BCUT2D eigenvalue weighted by Gasteiger charge is 2.44. The molecule has 1 amide bonds. The SMILES string of the molecule is Cc1ccc(C(OC(=O)[C@H](CC(C)C)NC(=O)OCC2c3ccccc3-c3ccccc32)(c2ccccc2)c2ccccc2Cl)cc1. The summed E-state index contributed by atoms with van der Waals surface area (Å²) in [5.41, 5.74) is 6.29. The second-order valence-corrected chi connectivity index (χ2v) is 12.9. The van der Waals surface area contributed by atoms with Gasteiger partial charge in [-0.3, -0.25) is 0 Å². The van der Waals surface area contributed by atoms with Crippen molar-refractivity contribution < 1.29 is 19.1 Å². The van der Waals surface area contributed by atoms with Gasteiger partial charge in [0.15, 0.2) is 5.60 Å². The first-order valence-electron chi connectivity index (χ1n) is 16.0. The molecule has 1 unspecified atom stereocenters. The first kappa shape index (κ1) is 32.1. The molecule has 1 N–H and O–H groups in total. The summed E-state index contributed by atoms with van der Waals surface area (Å²) >= 11 is 6.87. The number of nitrogens with one attached hydrogen (secondary N) is 1. The average Bonchev–Trinajstić information content (AvgIpc) is 3.40. The third-order valence-electron chi connectivity index (χ3n) is 8.77. The molecule has 0 radical (unpaired) electrons. The Hall–Kier alpha value is -4.87. The molecule has 0 aliphatic heterocycles. The molecule has 0 saturated carbocycles. The van der Waals surface area contributed by atoms with Crippen molar-refractivity contribution in [3.8, 4) is 11.1 Å². The van der Waals surface area contributed by atoms with Crippen LogP contribution in [0, 0.1) is 12.8 Å². The number of fused-ring (bicyclic) bond motifs is 3. The van der Waals surface area contributed by atoms with Crippen LogP contribution in [-0.4, -0.2) is 24.7 Å². The van der Waals surface area contributed by atoms with Gasteiger partial charge in [-0.2, -0.15) is 0 Å². The molecule has 0 spiro atoms. The van der Waals surface area contributed by atoms with Crippen LogP contribution in [0.25, 0.3) is 11.1 Å². The predicted molar refractivity (Wildman–Crippen MR) is 186 cm³/mol. The van der Waals surface area contributed by atoms with Crippen LogP contribution in [0.5, 0.6) is 0 Å². The molecule has 0 aromatic heterocycles. The normalized spacial score (nSPS) is 14.1. The summed E-state index contributed by atoms with van der Waals surface area (Å²) in [6, 6.07) is 40.2. The number of hydrogen-bond acceptors (Lipinski definition) is 4. The Morgan fingerprint density at radius 3 is 1.91 bits per heavy atom. The molecule has 6 rings (SSSR count). The van der Waals surface area contributed by atoms with E-state index in [1.807, 2.05) is 118 Å². The minimum absolute atomic E-state index is 0.0762. The monoisotopic (exact) mass is 643 g/mol. The number of esters is 1. The van der Waals surface area contributed by atoms with Gasteiger partial charge >= 0.3 is 12.1 Å². The largest absolute Gasteiger partial charge is 0.449 e. The molecule has 1 aliphatic carbocycles. The smallest absolute Gasteiger partial charge is 0.407 e. The molecule has 238 valence electrons. The van der Waals surface area contributed by atoms with Gasteiger partial charge in [-0.25, -0.2) is 9.59 Å². The lowest BCUT2D eigenvalue weighted by Gasteiger charge is -2.37. The predicted octanol–water partition coefficient (Wildman–Crippen LogP) is 9.44. The maximum Gasteiger partial charge on any atom is 0.407 e. The lowest BCUT2D eigenvalue weighted by Crippen LogP contribution is -2.47. The molecule has 0 saturated heterocycles. The fraction of sp³-hybridized carbons (Fsp3) is 0.220. The van der Waals surface area contributed by atoms with Crippen molar-refractivity contribution in [1.82, 2.24) is 5.32 Å². The number of rotatable bonds is 10. The van der Waals surface area contributed by atoms with E-state index in [1.54, 1.807) is 6.07 Å². The molecule has 5 aromatic carbocycles. The highest BCUT2D eigenvalue weighted by Crippen LogP contribution is 2.45. The van der Waals surface area contributed by atoms with Gasteiger partial charge in [0.25, 0.3) is 0 Å². The maximum atomic E-state index is 14.4. The van der Waals surface area contributed by atoms with Crippen LogP contribution in [0.1, 0.15) is 59.6 Å². The van der Waals surface area contributed by atoms with E-state index in [2.05, 4.69) is 29.6 Å². The number of aryl methyl sites for hydroxylation is 1. The van der Waals surface area contributed by atoms with Crippen molar-refractivity contribution in [2.45, 2.75) is 44.8 Å². The number of carbonyl (C=O) groups is 2. The fourth-order valence-electron chi connectivity index (χ4n) is 6.55. The minimum atomic E-state index is -1.39. The van der Waals surface area contributed by atoms with Gasteiger partial charge in [-0.05, 0) is 47.6 Å². The van der Waals surface area contributed by atoms with Gasteiger partial charge < -0.3 is 14.8 Å². The Morgan fingerprint density at radius 2 is 1.30 bits per heavy atom. The van der Waals surface area contributed by atoms with E-state index in [1.165, 1.54) is 0 Å². The Morgan fingerprint density at radius 1 is 0.745 bits per heavy atom. The molecular weight excluding hydrogens is 606 g/mol. The summed E-state index contributed by atoms with van der Waals surface area (Å²) in [7, 11) is 0.